The van der Waals surface area contributed by atoms with Crippen molar-refractivity contribution in [2.75, 3.05) is 18.4 Å². The van der Waals surface area contributed by atoms with Crippen molar-refractivity contribution in [2.24, 2.45) is 0 Å². The topological polar surface area (TPSA) is 15.3 Å². The first-order valence-corrected chi connectivity index (χ1v) is 7.87. The van der Waals surface area contributed by atoms with Crippen molar-refractivity contribution in [3.63, 3.8) is 0 Å². The van der Waals surface area contributed by atoms with Gasteiger partial charge in [-0.25, -0.2) is 0 Å². The van der Waals surface area contributed by atoms with Gasteiger partial charge in [0.15, 0.2) is 0 Å². The van der Waals surface area contributed by atoms with Gasteiger partial charge in [0.1, 0.15) is 0 Å². The van der Waals surface area contributed by atoms with E-state index in [0.29, 0.717) is 5.54 Å². The number of likely N-dealkylation sites (tertiary alicyclic amines) is 1. The van der Waals surface area contributed by atoms with Crippen molar-refractivity contribution in [1.29, 1.82) is 0 Å². The van der Waals surface area contributed by atoms with E-state index in [-0.39, 0.29) is 5.54 Å². The van der Waals surface area contributed by atoms with E-state index in [1.807, 2.05) is 0 Å². The predicted molar refractivity (Wildman–Crippen MR) is 86.7 cm³/mol. The maximum Gasteiger partial charge on any atom is 0.0370 e. The highest BCUT2D eigenvalue weighted by Gasteiger charge is 2.33. The Kier molecular flexibility index (Phi) is 4.26. The van der Waals surface area contributed by atoms with E-state index in [1.165, 1.54) is 31.6 Å². The van der Waals surface area contributed by atoms with Crippen LogP contribution in [0, 0.1) is 0 Å². The van der Waals surface area contributed by atoms with Crippen LogP contribution in [0.2, 0.25) is 0 Å². The number of nitrogens with one attached hydrogen (secondary N) is 1. The van der Waals surface area contributed by atoms with Crippen molar-refractivity contribution < 1.29 is 0 Å². The van der Waals surface area contributed by atoms with Crippen LogP contribution in [0.25, 0.3) is 0 Å². The summed E-state index contributed by atoms with van der Waals surface area (Å²) in [4.78, 5) is 2.58. The van der Waals surface area contributed by atoms with Gasteiger partial charge < -0.3 is 5.32 Å². The summed E-state index contributed by atoms with van der Waals surface area (Å²) in [6.45, 7) is 11.6. The quantitative estimate of drug-likeness (QED) is 0.860. The van der Waals surface area contributed by atoms with Gasteiger partial charge in [-0.2, -0.15) is 0 Å². The number of hydrogen-bond acceptors (Lipinski definition) is 2. The van der Waals surface area contributed by atoms with E-state index in [2.05, 4.69) is 78.1 Å². The van der Waals surface area contributed by atoms with Crippen molar-refractivity contribution in [3.8, 4) is 0 Å². The summed E-state index contributed by atoms with van der Waals surface area (Å²) < 4.78 is 1.13. The zero-order valence-electron chi connectivity index (χ0n) is 12.5. The predicted octanol–water partition coefficient (Wildman–Crippen LogP) is 4.51. The van der Waals surface area contributed by atoms with Gasteiger partial charge in [-0.3, -0.25) is 4.90 Å². The Labute approximate surface area is 125 Å². The fourth-order valence-corrected chi connectivity index (χ4v) is 2.94. The van der Waals surface area contributed by atoms with Gasteiger partial charge in [0, 0.05) is 34.3 Å². The fraction of sp³-hybridized carbons (Fsp3) is 0.625. The molecule has 0 aliphatic carbocycles. The first kappa shape index (κ1) is 14.9. The average Bonchev–Trinajstić information content (AvgIpc) is 2.31. The Morgan fingerprint density at radius 2 is 1.63 bits per heavy atom. The number of benzene rings is 1. The van der Waals surface area contributed by atoms with Gasteiger partial charge in [-0.05, 0) is 64.8 Å². The van der Waals surface area contributed by atoms with Crippen LogP contribution >= 0.6 is 15.9 Å². The molecule has 3 heteroatoms. The minimum absolute atomic E-state index is 0.218. The molecule has 0 radical (unpaired) electrons. The summed E-state index contributed by atoms with van der Waals surface area (Å²) in [5.74, 6) is 0. The van der Waals surface area contributed by atoms with Crippen molar-refractivity contribution in [2.45, 2.75) is 51.6 Å². The van der Waals surface area contributed by atoms with E-state index in [0.717, 1.165) is 4.47 Å². The summed E-state index contributed by atoms with van der Waals surface area (Å²) >= 11 is 3.48. The van der Waals surface area contributed by atoms with Gasteiger partial charge in [0.25, 0.3) is 0 Å². The molecule has 0 spiro atoms. The molecule has 2 rings (SSSR count). The van der Waals surface area contributed by atoms with Crippen molar-refractivity contribution in [3.05, 3.63) is 28.7 Å². The van der Waals surface area contributed by atoms with Crippen LogP contribution in [0.15, 0.2) is 28.7 Å². The van der Waals surface area contributed by atoms with E-state index in [9.17, 15) is 0 Å². The third-order valence-electron chi connectivity index (χ3n) is 4.11. The number of anilines is 1. The van der Waals surface area contributed by atoms with Gasteiger partial charge in [-0.15, -0.1) is 0 Å². The zero-order chi connectivity index (χ0) is 14.1. The van der Waals surface area contributed by atoms with Crippen LogP contribution < -0.4 is 5.32 Å². The second-order valence-corrected chi connectivity index (χ2v) is 7.77. The van der Waals surface area contributed by atoms with E-state index in [1.54, 1.807) is 0 Å². The summed E-state index contributed by atoms with van der Waals surface area (Å²) in [6, 6.07) is 8.48. The van der Waals surface area contributed by atoms with Gasteiger partial charge in [-0.1, -0.05) is 15.9 Å². The highest BCUT2D eigenvalue weighted by Crippen LogP contribution is 2.30. The molecule has 0 amide bonds. The molecule has 0 unspecified atom stereocenters. The van der Waals surface area contributed by atoms with Gasteiger partial charge in [0.05, 0.1) is 0 Å². The Morgan fingerprint density at radius 1 is 1.11 bits per heavy atom. The molecule has 1 aromatic rings. The maximum atomic E-state index is 3.71. The highest BCUT2D eigenvalue weighted by atomic mass is 79.9. The molecule has 106 valence electrons. The second kappa shape index (κ2) is 5.45. The van der Waals surface area contributed by atoms with Crippen LogP contribution in [-0.4, -0.2) is 29.1 Å². The molecular formula is C16H25BrN2. The molecule has 0 bridgehead atoms. The maximum absolute atomic E-state index is 3.71. The van der Waals surface area contributed by atoms with Crippen LogP contribution in [-0.2, 0) is 0 Å². The lowest BCUT2D eigenvalue weighted by Crippen LogP contribution is -2.52. The molecule has 0 atom stereocenters. The molecule has 0 saturated carbocycles. The summed E-state index contributed by atoms with van der Waals surface area (Å²) in [6.07, 6.45) is 2.39. The second-order valence-electron chi connectivity index (χ2n) is 6.85. The molecule has 1 aliphatic heterocycles. The molecule has 1 aliphatic rings. The number of halogens is 1. The minimum Gasteiger partial charge on any atom is -0.380 e. The third kappa shape index (κ3) is 3.96. The Morgan fingerprint density at radius 3 is 2.11 bits per heavy atom. The van der Waals surface area contributed by atoms with Crippen LogP contribution in [0.5, 0.6) is 0 Å². The van der Waals surface area contributed by atoms with Crippen molar-refractivity contribution in [1.82, 2.24) is 4.90 Å². The normalized spacial score (nSPS) is 20.3. The highest BCUT2D eigenvalue weighted by molar-refractivity contribution is 9.10. The number of rotatable bonds is 2. The lowest BCUT2D eigenvalue weighted by atomic mass is 9.87. The van der Waals surface area contributed by atoms with Crippen LogP contribution in [0.4, 0.5) is 5.69 Å². The standard InChI is InChI=1S/C16H25BrN2/c1-15(2,3)19-11-9-16(4,10-12-19)18-14-7-5-13(17)6-8-14/h5-8,18H,9-12H2,1-4H3. The third-order valence-corrected chi connectivity index (χ3v) is 4.63. The lowest BCUT2D eigenvalue weighted by Gasteiger charge is -2.45. The monoisotopic (exact) mass is 324 g/mol. The SMILES string of the molecule is CC1(Nc2ccc(Br)cc2)CCN(C(C)(C)C)CC1. The van der Waals surface area contributed by atoms with Gasteiger partial charge >= 0.3 is 0 Å². The first-order chi connectivity index (χ1) is 8.78. The summed E-state index contributed by atoms with van der Waals surface area (Å²) in [5, 5.41) is 3.71. The number of piperidine rings is 1. The zero-order valence-corrected chi connectivity index (χ0v) is 14.0. The number of hydrogen-bond donors (Lipinski definition) is 1. The Bertz CT molecular complexity index is 411. The largest absolute Gasteiger partial charge is 0.380 e. The van der Waals surface area contributed by atoms with E-state index < -0.39 is 0 Å². The van der Waals surface area contributed by atoms with Crippen LogP contribution in [0.1, 0.15) is 40.5 Å². The molecular weight excluding hydrogens is 300 g/mol. The summed E-state index contributed by atoms with van der Waals surface area (Å²) in [5.41, 5.74) is 1.73. The molecule has 1 fully saturated rings. The molecule has 19 heavy (non-hydrogen) atoms. The number of nitrogens with zero attached hydrogens (tertiary/aromatic N) is 1. The van der Waals surface area contributed by atoms with Crippen LogP contribution in [0.3, 0.4) is 0 Å². The van der Waals surface area contributed by atoms with E-state index in [4.69, 9.17) is 0 Å². The molecule has 0 aromatic heterocycles. The Balaban J connectivity index is 1.96. The fourth-order valence-electron chi connectivity index (χ4n) is 2.68. The molecule has 1 saturated heterocycles. The molecule has 1 heterocycles. The molecule has 2 nitrogen and oxygen atoms in total. The smallest absolute Gasteiger partial charge is 0.0370 e. The van der Waals surface area contributed by atoms with Crippen molar-refractivity contribution >= 4 is 21.6 Å². The molecule has 1 aromatic carbocycles. The first-order valence-electron chi connectivity index (χ1n) is 7.07. The minimum atomic E-state index is 0.218. The van der Waals surface area contributed by atoms with Gasteiger partial charge in [0.2, 0.25) is 0 Å². The average molecular weight is 325 g/mol. The molecule has 1 N–H and O–H groups in total. The lowest BCUT2D eigenvalue weighted by molar-refractivity contribution is 0.0869. The summed E-state index contributed by atoms with van der Waals surface area (Å²) in [7, 11) is 0. The van der Waals surface area contributed by atoms with E-state index >= 15 is 0 Å². The Hall–Kier alpha value is -0.540.